The van der Waals surface area contributed by atoms with E-state index in [1.54, 1.807) is 13.8 Å². The van der Waals surface area contributed by atoms with E-state index in [1.807, 2.05) is 18.2 Å². The summed E-state index contributed by atoms with van der Waals surface area (Å²) in [6.45, 7) is 3.58. The van der Waals surface area contributed by atoms with Crippen LogP contribution in [0.25, 0.3) is 0 Å². The van der Waals surface area contributed by atoms with Crippen molar-refractivity contribution < 1.29 is 9.90 Å². The number of hydrogen-bond donors (Lipinski definition) is 1. The van der Waals surface area contributed by atoms with Crippen molar-refractivity contribution in [3.8, 4) is 0 Å². The summed E-state index contributed by atoms with van der Waals surface area (Å²) in [5.74, 6) is -0.677. The summed E-state index contributed by atoms with van der Waals surface area (Å²) in [7, 11) is 0. The topological polar surface area (TPSA) is 37.3 Å². The van der Waals surface area contributed by atoms with Crippen molar-refractivity contribution in [2.24, 2.45) is 5.41 Å². The van der Waals surface area contributed by atoms with E-state index in [9.17, 15) is 9.90 Å². The van der Waals surface area contributed by atoms with Crippen molar-refractivity contribution in [3.63, 3.8) is 0 Å². The highest BCUT2D eigenvalue weighted by molar-refractivity contribution is 6.30. The van der Waals surface area contributed by atoms with Crippen LogP contribution in [0.3, 0.4) is 0 Å². The third kappa shape index (κ3) is 1.71. The minimum atomic E-state index is -0.745. The van der Waals surface area contributed by atoms with Crippen molar-refractivity contribution in [2.75, 3.05) is 0 Å². The number of benzene rings is 1. The number of aliphatic carboxylic acids is 1. The molecule has 86 valence electrons. The van der Waals surface area contributed by atoms with Crippen LogP contribution in [0.2, 0.25) is 5.02 Å². The molecular weight excluding hydrogens is 224 g/mol. The van der Waals surface area contributed by atoms with Crippen molar-refractivity contribution >= 4 is 17.6 Å². The summed E-state index contributed by atoms with van der Waals surface area (Å²) >= 11 is 5.97. The largest absolute Gasteiger partial charge is 0.481 e. The smallest absolute Gasteiger partial charge is 0.309 e. The quantitative estimate of drug-likeness (QED) is 0.857. The monoisotopic (exact) mass is 238 g/mol. The molecule has 0 amide bonds. The van der Waals surface area contributed by atoms with Gasteiger partial charge in [0.25, 0.3) is 0 Å². The minimum absolute atomic E-state index is 0.0682. The number of carboxylic acids is 1. The second kappa shape index (κ2) is 3.77. The molecule has 16 heavy (non-hydrogen) atoms. The molecule has 2 nitrogen and oxygen atoms in total. The van der Waals surface area contributed by atoms with Crippen LogP contribution in [-0.4, -0.2) is 11.1 Å². The van der Waals surface area contributed by atoms with Gasteiger partial charge >= 0.3 is 5.97 Å². The molecule has 0 aliphatic heterocycles. The van der Waals surface area contributed by atoms with Crippen LogP contribution in [0.4, 0.5) is 0 Å². The third-order valence-electron chi connectivity index (χ3n) is 3.61. The number of carbonyl (C=O) groups is 1. The lowest BCUT2D eigenvalue weighted by atomic mass is 9.76. The first-order valence-electron chi connectivity index (χ1n) is 5.44. The molecule has 0 fully saturated rings. The molecule has 1 aliphatic rings. The van der Waals surface area contributed by atoms with Crippen LogP contribution in [0.5, 0.6) is 0 Å². The molecule has 0 aromatic heterocycles. The highest BCUT2D eigenvalue weighted by Crippen LogP contribution is 2.45. The van der Waals surface area contributed by atoms with Crippen LogP contribution in [0.1, 0.15) is 37.3 Å². The van der Waals surface area contributed by atoms with Gasteiger partial charge in [-0.2, -0.15) is 0 Å². The molecule has 0 radical (unpaired) electrons. The lowest BCUT2D eigenvalue weighted by Gasteiger charge is -2.27. The molecule has 0 saturated heterocycles. The van der Waals surface area contributed by atoms with Gasteiger partial charge in [-0.3, -0.25) is 4.79 Å². The molecule has 2 rings (SSSR count). The average molecular weight is 239 g/mol. The minimum Gasteiger partial charge on any atom is -0.481 e. The van der Waals surface area contributed by atoms with E-state index in [-0.39, 0.29) is 5.92 Å². The highest BCUT2D eigenvalue weighted by Gasteiger charge is 2.41. The lowest BCUT2D eigenvalue weighted by molar-refractivity contribution is -0.148. The molecule has 1 atom stereocenters. The normalized spacial score (nSPS) is 19.6. The predicted octanol–water partition coefficient (Wildman–Crippen LogP) is 3.48. The first-order valence-corrected chi connectivity index (χ1v) is 5.82. The van der Waals surface area contributed by atoms with Gasteiger partial charge in [-0.25, -0.2) is 0 Å². The van der Waals surface area contributed by atoms with Gasteiger partial charge in [-0.05, 0) is 49.9 Å². The Morgan fingerprint density at radius 3 is 2.81 bits per heavy atom. The van der Waals surface area contributed by atoms with E-state index in [2.05, 4.69) is 0 Å². The van der Waals surface area contributed by atoms with Gasteiger partial charge in [-0.15, -0.1) is 0 Å². The fourth-order valence-electron chi connectivity index (χ4n) is 2.47. The van der Waals surface area contributed by atoms with Gasteiger partial charge in [0, 0.05) is 10.9 Å². The van der Waals surface area contributed by atoms with Crippen molar-refractivity contribution in [2.45, 2.75) is 32.6 Å². The predicted molar refractivity (Wildman–Crippen MR) is 63.9 cm³/mol. The molecule has 1 aliphatic carbocycles. The number of rotatable bonds is 2. The Labute approximate surface area is 100 Å². The number of fused-ring (bicyclic) bond motifs is 1. The Bertz CT molecular complexity index is 438. The average Bonchev–Trinajstić information content (AvgIpc) is 2.60. The molecule has 1 aromatic carbocycles. The number of aryl methyl sites for hydroxylation is 1. The SMILES string of the molecule is CC(C)(C(=O)O)C1CCc2ccc(Cl)cc21. The Morgan fingerprint density at radius 2 is 2.19 bits per heavy atom. The first kappa shape index (κ1) is 11.5. The summed E-state index contributed by atoms with van der Waals surface area (Å²) in [6.07, 6.45) is 1.85. The Balaban J connectivity index is 2.43. The molecule has 3 heteroatoms. The van der Waals surface area contributed by atoms with Crippen molar-refractivity contribution in [3.05, 3.63) is 34.3 Å². The summed E-state index contributed by atoms with van der Waals surface area (Å²) in [5, 5.41) is 9.95. The molecule has 1 unspecified atom stereocenters. The second-order valence-electron chi connectivity index (χ2n) is 4.96. The number of halogens is 1. The van der Waals surface area contributed by atoms with Gasteiger partial charge in [-0.1, -0.05) is 17.7 Å². The van der Waals surface area contributed by atoms with Gasteiger partial charge < -0.3 is 5.11 Å². The highest BCUT2D eigenvalue weighted by atomic mass is 35.5. The zero-order chi connectivity index (χ0) is 11.9. The van der Waals surface area contributed by atoms with Crippen molar-refractivity contribution in [1.82, 2.24) is 0 Å². The second-order valence-corrected chi connectivity index (χ2v) is 5.40. The standard InChI is InChI=1S/C13H15ClO2/c1-13(2,12(15)16)11-6-4-8-3-5-9(14)7-10(8)11/h3,5,7,11H,4,6H2,1-2H3,(H,15,16). The lowest BCUT2D eigenvalue weighted by Crippen LogP contribution is -2.30. The summed E-state index contributed by atoms with van der Waals surface area (Å²) in [4.78, 5) is 11.3. The van der Waals surface area contributed by atoms with Crippen molar-refractivity contribution in [1.29, 1.82) is 0 Å². The van der Waals surface area contributed by atoms with E-state index in [0.717, 1.165) is 18.4 Å². The summed E-state index contributed by atoms with van der Waals surface area (Å²) in [6, 6.07) is 5.80. The molecular formula is C13H15ClO2. The van der Waals surface area contributed by atoms with Crippen LogP contribution in [0, 0.1) is 5.41 Å². The molecule has 0 heterocycles. The van der Waals surface area contributed by atoms with E-state index < -0.39 is 11.4 Å². The van der Waals surface area contributed by atoms with Gasteiger partial charge in [0.05, 0.1) is 5.41 Å². The van der Waals surface area contributed by atoms with Crippen LogP contribution in [-0.2, 0) is 11.2 Å². The van der Waals surface area contributed by atoms with Gasteiger partial charge in [0.1, 0.15) is 0 Å². The third-order valence-corrected chi connectivity index (χ3v) is 3.84. The van der Waals surface area contributed by atoms with E-state index in [1.165, 1.54) is 5.56 Å². The zero-order valence-electron chi connectivity index (χ0n) is 9.46. The number of hydrogen-bond acceptors (Lipinski definition) is 1. The Hall–Kier alpha value is -1.02. The summed E-state index contributed by atoms with van der Waals surface area (Å²) < 4.78 is 0. The zero-order valence-corrected chi connectivity index (χ0v) is 10.2. The first-order chi connectivity index (χ1) is 7.43. The Morgan fingerprint density at radius 1 is 1.50 bits per heavy atom. The molecule has 1 N–H and O–H groups in total. The van der Waals surface area contributed by atoms with Crippen LogP contribution in [0.15, 0.2) is 18.2 Å². The Kier molecular flexibility index (Phi) is 2.70. The molecule has 0 spiro atoms. The number of carboxylic acid groups (broad SMARTS) is 1. The van der Waals surface area contributed by atoms with E-state index in [0.29, 0.717) is 5.02 Å². The molecule has 0 bridgehead atoms. The fourth-order valence-corrected chi connectivity index (χ4v) is 2.65. The van der Waals surface area contributed by atoms with E-state index >= 15 is 0 Å². The van der Waals surface area contributed by atoms with Crippen LogP contribution >= 0.6 is 11.6 Å². The van der Waals surface area contributed by atoms with Crippen LogP contribution < -0.4 is 0 Å². The molecule has 0 saturated carbocycles. The summed E-state index contributed by atoms with van der Waals surface area (Å²) in [5.41, 5.74) is 1.62. The maximum Gasteiger partial charge on any atom is 0.309 e. The fraction of sp³-hybridized carbons (Fsp3) is 0.462. The van der Waals surface area contributed by atoms with Gasteiger partial charge in [0.2, 0.25) is 0 Å². The maximum absolute atomic E-state index is 11.3. The maximum atomic E-state index is 11.3. The van der Waals surface area contributed by atoms with Gasteiger partial charge in [0.15, 0.2) is 0 Å². The molecule has 1 aromatic rings. The van der Waals surface area contributed by atoms with E-state index in [4.69, 9.17) is 11.6 Å².